The minimum Gasteiger partial charge on any atom is -0.508 e. The van der Waals surface area contributed by atoms with Gasteiger partial charge in [-0.15, -0.1) is 34.0 Å². The SMILES string of the molecule is CCCCCCCCN1C(=O)C2=C(c3ccc(-c4ccc(CCCOc5ccc(O)cc5)s4)s3)N(CCCCCCCC)C(=O)C2=C1c1cccs1. The third kappa shape index (κ3) is 9.10. The topological polar surface area (TPSA) is 70.1 Å². The lowest BCUT2D eigenvalue weighted by Gasteiger charge is -2.24. The summed E-state index contributed by atoms with van der Waals surface area (Å²) in [5.41, 5.74) is 2.81. The Morgan fingerprint density at radius 2 is 1.15 bits per heavy atom. The summed E-state index contributed by atoms with van der Waals surface area (Å²) in [4.78, 5) is 38.5. The summed E-state index contributed by atoms with van der Waals surface area (Å²) in [6, 6.07) is 19.6. The number of aryl methyl sites for hydroxylation is 1. The molecule has 0 aliphatic carbocycles. The van der Waals surface area contributed by atoms with Crippen molar-refractivity contribution in [2.24, 2.45) is 0 Å². The Kier molecular flexibility index (Phi) is 13.8. The molecule has 0 fully saturated rings. The van der Waals surface area contributed by atoms with E-state index in [1.54, 1.807) is 58.3 Å². The summed E-state index contributed by atoms with van der Waals surface area (Å²) >= 11 is 5.08. The lowest BCUT2D eigenvalue weighted by Crippen LogP contribution is -2.30. The lowest BCUT2D eigenvalue weighted by molar-refractivity contribution is -0.124. The van der Waals surface area contributed by atoms with E-state index in [9.17, 15) is 14.7 Å². The molecule has 0 atom stereocenters. The van der Waals surface area contributed by atoms with Crippen molar-refractivity contribution in [3.63, 3.8) is 0 Å². The summed E-state index contributed by atoms with van der Waals surface area (Å²) in [6.07, 6.45) is 15.5. The molecule has 2 aliphatic rings. The van der Waals surface area contributed by atoms with Crippen molar-refractivity contribution in [1.82, 2.24) is 9.80 Å². The molecule has 2 aliphatic heterocycles. The molecule has 0 bridgehead atoms. The van der Waals surface area contributed by atoms with E-state index in [0.29, 0.717) is 30.8 Å². The summed E-state index contributed by atoms with van der Waals surface area (Å²) in [5.74, 6) is 0.943. The Bertz CT molecular complexity index is 1830. The molecule has 0 saturated heterocycles. The van der Waals surface area contributed by atoms with Crippen molar-refractivity contribution in [2.45, 2.75) is 104 Å². The van der Waals surface area contributed by atoms with E-state index in [1.165, 1.54) is 61.1 Å². The van der Waals surface area contributed by atoms with E-state index in [0.717, 1.165) is 70.3 Å². The van der Waals surface area contributed by atoms with Crippen LogP contribution in [0.1, 0.15) is 112 Å². The Balaban J connectivity index is 1.23. The Hall–Kier alpha value is -3.66. The molecule has 1 aromatic carbocycles. The van der Waals surface area contributed by atoms with Gasteiger partial charge in [-0.25, -0.2) is 0 Å². The summed E-state index contributed by atoms with van der Waals surface area (Å²) in [6.45, 7) is 6.32. The average molecular weight is 757 g/mol. The van der Waals surface area contributed by atoms with Crippen molar-refractivity contribution in [1.29, 1.82) is 0 Å². The Morgan fingerprint density at radius 3 is 1.77 bits per heavy atom. The van der Waals surface area contributed by atoms with Crippen LogP contribution < -0.4 is 4.74 Å². The van der Waals surface area contributed by atoms with Gasteiger partial charge in [-0.2, -0.15) is 0 Å². The van der Waals surface area contributed by atoms with Crippen LogP contribution in [0.15, 0.2) is 77.2 Å². The number of carbonyl (C=O) groups excluding carboxylic acids is 2. The van der Waals surface area contributed by atoms with Crippen molar-refractivity contribution in [2.75, 3.05) is 19.7 Å². The van der Waals surface area contributed by atoms with Crippen molar-refractivity contribution >= 4 is 57.2 Å². The molecule has 4 aromatic rings. The van der Waals surface area contributed by atoms with Crippen LogP contribution in [0.4, 0.5) is 0 Å². The van der Waals surface area contributed by atoms with Crippen molar-refractivity contribution in [3.8, 4) is 21.3 Å². The second-order valence-corrected chi connectivity index (χ2v) is 16.9. The van der Waals surface area contributed by atoms with Crippen LogP contribution in [0.25, 0.3) is 21.1 Å². The number of fused-ring (bicyclic) bond motifs is 1. The van der Waals surface area contributed by atoms with E-state index in [-0.39, 0.29) is 17.6 Å². The molecular formula is C43H52N2O4S3. The van der Waals surface area contributed by atoms with E-state index < -0.39 is 0 Å². The molecule has 276 valence electrons. The van der Waals surface area contributed by atoms with Crippen LogP contribution in [-0.4, -0.2) is 46.4 Å². The maximum Gasteiger partial charge on any atom is 0.261 e. The highest BCUT2D eigenvalue weighted by atomic mass is 32.1. The second-order valence-electron chi connectivity index (χ2n) is 13.7. The van der Waals surface area contributed by atoms with Gasteiger partial charge >= 0.3 is 0 Å². The fourth-order valence-electron chi connectivity index (χ4n) is 7.07. The number of benzene rings is 1. The molecule has 0 spiro atoms. The zero-order valence-electron chi connectivity index (χ0n) is 30.7. The Labute approximate surface area is 321 Å². The van der Waals surface area contributed by atoms with Gasteiger partial charge < -0.3 is 19.6 Å². The molecule has 0 saturated carbocycles. The summed E-state index contributed by atoms with van der Waals surface area (Å²) < 4.78 is 5.85. The Morgan fingerprint density at radius 1 is 0.596 bits per heavy atom. The minimum absolute atomic E-state index is 0.0244. The number of nitrogens with zero attached hydrogens (tertiary/aromatic N) is 2. The van der Waals surface area contributed by atoms with Gasteiger partial charge in [-0.3, -0.25) is 9.59 Å². The minimum atomic E-state index is -0.0244. The van der Waals surface area contributed by atoms with Crippen molar-refractivity contribution < 1.29 is 19.4 Å². The van der Waals surface area contributed by atoms with Crippen LogP contribution in [-0.2, 0) is 16.0 Å². The number of amides is 2. The predicted octanol–water partition coefficient (Wildman–Crippen LogP) is 11.8. The number of ether oxygens (including phenoxy) is 1. The molecule has 9 heteroatoms. The highest BCUT2D eigenvalue weighted by molar-refractivity contribution is 7.22. The van der Waals surface area contributed by atoms with Gasteiger partial charge in [0.1, 0.15) is 11.5 Å². The van der Waals surface area contributed by atoms with Gasteiger partial charge in [0.15, 0.2) is 0 Å². The van der Waals surface area contributed by atoms with Crippen molar-refractivity contribution in [3.05, 3.63) is 91.8 Å². The first-order valence-electron chi connectivity index (χ1n) is 19.3. The second kappa shape index (κ2) is 18.9. The maximum atomic E-state index is 14.5. The van der Waals surface area contributed by atoms with Crippen LogP contribution in [0.2, 0.25) is 0 Å². The third-order valence-electron chi connectivity index (χ3n) is 9.82. The molecule has 0 radical (unpaired) electrons. The molecule has 6 rings (SSSR count). The lowest BCUT2D eigenvalue weighted by atomic mass is 10.1. The van der Waals surface area contributed by atoms with Gasteiger partial charge in [0.25, 0.3) is 11.8 Å². The van der Waals surface area contributed by atoms with E-state index in [4.69, 9.17) is 4.74 Å². The first kappa shape index (κ1) is 38.1. The smallest absolute Gasteiger partial charge is 0.261 e. The predicted molar refractivity (Wildman–Crippen MR) is 218 cm³/mol. The van der Waals surface area contributed by atoms with Crippen LogP contribution in [0.3, 0.4) is 0 Å². The normalized spacial score (nSPS) is 14.4. The molecule has 5 heterocycles. The zero-order valence-corrected chi connectivity index (χ0v) is 33.1. The number of hydrogen-bond acceptors (Lipinski definition) is 7. The van der Waals surface area contributed by atoms with Gasteiger partial charge in [-0.1, -0.05) is 84.1 Å². The summed E-state index contributed by atoms with van der Waals surface area (Å²) in [5, 5.41) is 11.5. The van der Waals surface area contributed by atoms with Crippen LogP contribution in [0, 0.1) is 0 Å². The highest BCUT2D eigenvalue weighted by Gasteiger charge is 2.49. The maximum absolute atomic E-state index is 14.5. The largest absolute Gasteiger partial charge is 0.508 e. The molecule has 1 N–H and O–H groups in total. The number of unbranched alkanes of at least 4 members (excludes halogenated alkanes) is 10. The van der Waals surface area contributed by atoms with E-state index in [1.807, 2.05) is 21.2 Å². The monoisotopic (exact) mass is 756 g/mol. The van der Waals surface area contributed by atoms with Crippen LogP contribution >= 0.6 is 34.0 Å². The van der Waals surface area contributed by atoms with Crippen LogP contribution in [0.5, 0.6) is 11.5 Å². The number of rotatable bonds is 22. The fourth-order valence-corrected chi connectivity index (χ4v) is 10.1. The molecule has 6 nitrogen and oxygen atoms in total. The number of phenols is 1. The number of thiophene rings is 3. The van der Waals surface area contributed by atoms with Gasteiger partial charge in [-0.05, 0) is 85.7 Å². The summed E-state index contributed by atoms with van der Waals surface area (Å²) in [7, 11) is 0. The van der Waals surface area contributed by atoms with Gasteiger partial charge in [0.05, 0.1) is 38.9 Å². The number of phenolic OH excluding ortho intramolecular Hbond substituents is 1. The first-order chi connectivity index (χ1) is 25.5. The molecule has 0 unspecified atom stereocenters. The number of hydrogen-bond donors (Lipinski definition) is 1. The molecule has 2 amide bonds. The van der Waals surface area contributed by atoms with E-state index in [2.05, 4.69) is 44.2 Å². The highest BCUT2D eigenvalue weighted by Crippen LogP contribution is 2.49. The standard InChI is InChI=1S/C43H52N2O4S3/c1-3-5-7-9-11-13-27-44-40(36-18-16-30-50-36)38-39(43(44)48)41(45(42(38)47)28-14-12-10-8-6-4-2)37-26-25-35(52-37)34-24-23-33(51-34)17-15-29-49-32-21-19-31(46)20-22-32/h16,18-26,30,46H,3-15,17,27-29H2,1-2H3. The quantitative estimate of drug-likeness (QED) is 0.0811. The molecular weight excluding hydrogens is 705 g/mol. The fraction of sp³-hybridized carbons (Fsp3) is 0.442. The van der Waals surface area contributed by atoms with Gasteiger partial charge in [0.2, 0.25) is 0 Å². The average Bonchev–Trinajstić information content (AvgIpc) is 4.00. The molecule has 3 aromatic heterocycles. The third-order valence-corrected chi connectivity index (χ3v) is 13.1. The first-order valence-corrected chi connectivity index (χ1v) is 21.8. The number of aromatic hydroxyl groups is 1. The molecule has 52 heavy (non-hydrogen) atoms. The van der Waals surface area contributed by atoms with Gasteiger partial charge in [0, 0.05) is 27.7 Å². The van der Waals surface area contributed by atoms with E-state index >= 15 is 0 Å². The zero-order chi connectivity index (χ0) is 36.3. The number of carbonyl (C=O) groups is 2.